The number of rotatable bonds is 5. The van der Waals surface area contributed by atoms with Gasteiger partial charge in [0.05, 0.1) is 11.5 Å². The predicted octanol–water partition coefficient (Wildman–Crippen LogP) is 4.61. The topological polar surface area (TPSA) is 78.4 Å². The zero-order chi connectivity index (χ0) is 17.1. The van der Waals surface area contributed by atoms with E-state index in [1.54, 1.807) is 19.1 Å². The van der Waals surface area contributed by atoms with Crippen LogP contribution in [0.2, 0.25) is 0 Å². The fourth-order valence-electron chi connectivity index (χ4n) is 2.60. The Morgan fingerprint density at radius 1 is 1.25 bits per heavy atom. The lowest BCUT2D eigenvalue weighted by molar-refractivity contribution is -0.386. The molecule has 0 aliphatic carbocycles. The lowest BCUT2D eigenvalue weighted by Gasteiger charge is -2.10. The van der Waals surface area contributed by atoms with Gasteiger partial charge in [-0.25, -0.2) is 0 Å². The van der Waals surface area contributed by atoms with Crippen LogP contribution in [0.15, 0.2) is 40.9 Å². The highest BCUT2D eigenvalue weighted by Gasteiger charge is 2.22. The van der Waals surface area contributed by atoms with Crippen molar-refractivity contribution >= 4 is 28.6 Å². The van der Waals surface area contributed by atoms with Gasteiger partial charge >= 0.3 is 5.69 Å². The van der Waals surface area contributed by atoms with Crippen molar-refractivity contribution in [3.05, 3.63) is 63.5 Å². The molecular weight excluding hydrogens is 308 g/mol. The van der Waals surface area contributed by atoms with Crippen molar-refractivity contribution in [2.45, 2.75) is 13.8 Å². The molecule has 0 spiro atoms. The molecule has 1 heterocycles. The quantitative estimate of drug-likeness (QED) is 0.505. The van der Waals surface area contributed by atoms with E-state index in [1.165, 1.54) is 0 Å². The van der Waals surface area contributed by atoms with Crippen LogP contribution in [0.1, 0.15) is 23.9 Å². The van der Waals surface area contributed by atoms with Gasteiger partial charge in [0, 0.05) is 5.56 Å². The fraction of sp³-hybridized carbons (Fsp3) is 0.167. The second-order valence-corrected chi connectivity index (χ2v) is 5.20. The molecule has 0 bridgehead atoms. The number of hydrogen-bond donors (Lipinski definition) is 0. The minimum absolute atomic E-state index is 0.118. The minimum Gasteiger partial charge on any atom is -0.493 e. The molecule has 0 unspecified atom stereocenters. The van der Waals surface area contributed by atoms with Gasteiger partial charge in [0.25, 0.3) is 0 Å². The Hall–Kier alpha value is -3.15. The van der Waals surface area contributed by atoms with Crippen LogP contribution in [0.3, 0.4) is 0 Å². The average molecular weight is 324 g/mol. The van der Waals surface area contributed by atoms with E-state index in [-0.39, 0.29) is 17.1 Å². The number of ether oxygens (including phenoxy) is 1. The van der Waals surface area contributed by atoms with E-state index in [0.29, 0.717) is 12.4 Å². The first-order chi connectivity index (χ1) is 11.6. The largest absolute Gasteiger partial charge is 0.493 e. The van der Waals surface area contributed by atoms with Gasteiger partial charge in [-0.3, -0.25) is 10.1 Å². The molecule has 0 aliphatic rings. The molecule has 3 aromatic rings. The Morgan fingerprint density at radius 3 is 2.79 bits per heavy atom. The number of aryl methyl sites for hydroxylation is 1. The number of nitrogens with zero attached hydrogens (tertiary/aromatic N) is 2. The Balaban J connectivity index is 2.12. The number of aromatic nitrogens is 1. The van der Waals surface area contributed by atoms with Gasteiger partial charge in [0.15, 0.2) is 5.69 Å². The molecule has 3 rings (SSSR count). The summed E-state index contributed by atoms with van der Waals surface area (Å²) in [6.45, 7) is 3.98. The molecular formula is C18H16N2O4. The molecule has 2 aromatic carbocycles. The number of benzene rings is 2. The van der Waals surface area contributed by atoms with E-state index in [4.69, 9.17) is 9.26 Å². The summed E-state index contributed by atoms with van der Waals surface area (Å²) in [6.07, 6.45) is 3.32. The Kier molecular flexibility index (Phi) is 4.29. The highest BCUT2D eigenvalue weighted by molar-refractivity contribution is 5.95. The van der Waals surface area contributed by atoms with E-state index in [9.17, 15) is 10.1 Å². The summed E-state index contributed by atoms with van der Waals surface area (Å²) < 4.78 is 10.8. The number of hydrogen-bond acceptors (Lipinski definition) is 5. The molecule has 0 saturated carbocycles. The summed E-state index contributed by atoms with van der Waals surface area (Å²) in [7, 11) is 0. The first-order valence-corrected chi connectivity index (χ1v) is 7.55. The van der Waals surface area contributed by atoms with Crippen LogP contribution in [-0.2, 0) is 0 Å². The molecule has 0 N–H and O–H groups in total. The molecule has 1 aromatic heterocycles. The minimum atomic E-state index is -0.488. The van der Waals surface area contributed by atoms with Crippen molar-refractivity contribution in [2.24, 2.45) is 0 Å². The van der Waals surface area contributed by atoms with E-state index in [0.717, 1.165) is 16.3 Å². The van der Waals surface area contributed by atoms with Crippen molar-refractivity contribution in [1.82, 2.24) is 5.16 Å². The van der Waals surface area contributed by atoms with Gasteiger partial charge in [-0.2, -0.15) is 0 Å². The second-order valence-electron chi connectivity index (χ2n) is 5.20. The Morgan fingerprint density at radius 2 is 2.04 bits per heavy atom. The fourth-order valence-corrected chi connectivity index (χ4v) is 2.60. The van der Waals surface area contributed by atoms with E-state index < -0.39 is 4.92 Å². The Labute approximate surface area is 138 Å². The number of nitro groups is 1. The summed E-state index contributed by atoms with van der Waals surface area (Å²) in [6, 6.07) is 11.8. The van der Waals surface area contributed by atoms with Gasteiger partial charge in [-0.15, -0.1) is 0 Å². The van der Waals surface area contributed by atoms with Crippen molar-refractivity contribution < 1.29 is 14.2 Å². The standard InChI is InChI=1S/C18H16N2O4/c1-3-23-16-10-8-13-6-4-5-7-14(13)15(16)9-11-17-18(20(21)22)12(2)19-24-17/h4-11H,3H2,1-2H3/b11-9-. The maximum atomic E-state index is 11.1. The third-order valence-electron chi connectivity index (χ3n) is 3.67. The van der Waals surface area contributed by atoms with Gasteiger partial charge < -0.3 is 9.26 Å². The molecule has 0 radical (unpaired) electrons. The van der Waals surface area contributed by atoms with Crippen LogP contribution < -0.4 is 4.74 Å². The van der Waals surface area contributed by atoms with E-state index >= 15 is 0 Å². The molecule has 0 fully saturated rings. The third kappa shape index (κ3) is 2.86. The molecule has 0 saturated heterocycles. The maximum absolute atomic E-state index is 11.1. The van der Waals surface area contributed by atoms with Crippen molar-refractivity contribution in [3.8, 4) is 5.75 Å². The van der Waals surface area contributed by atoms with Gasteiger partial charge in [0.2, 0.25) is 5.76 Å². The van der Waals surface area contributed by atoms with Crippen molar-refractivity contribution in [1.29, 1.82) is 0 Å². The molecule has 0 amide bonds. The van der Waals surface area contributed by atoms with Crippen LogP contribution in [0, 0.1) is 17.0 Å². The highest BCUT2D eigenvalue weighted by Crippen LogP contribution is 2.31. The van der Waals surface area contributed by atoms with Crippen LogP contribution in [0.5, 0.6) is 5.75 Å². The first kappa shape index (κ1) is 15.7. The smallest absolute Gasteiger partial charge is 0.338 e. The lowest BCUT2D eigenvalue weighted by atomic mass is 10.0. The first-order valence-electron chi connectivity index (χ1n) is 7.55. The molecule has 122 valence electrons. The molecule has 0 aliphatic heterocycles. The average Bonchev–Trinajstić information content (AvgIpc) is 2.95. The molecule has 24 heavy (non-hydrogen) atoms. The molecule has 6 nitrogen and oxygen atoms in total. The summed E-state index contributed by atoms with van der Waals surface area (Å²) in [5.41, 5.74) is 0.977. The number of fused-ring (bicyclic) bond motifs is 1. The molecule has 0 atom stereocenters. The summed E-state index contributed by atoms with van der Waals surface area (Å²) in [4.78, 5) is 10.7. The monoisotopic (exact) mass is 324 g/mol. The molecule has 6 heteroatoms. The van der Waals surface area contributed by atoms with E-state index in [2.05, 4.69) is 5.16 Å². The van der Waals surface area contributed by atoms with Crippen LogP contribution in [0.25, 0.3) is 22.9 Å². The lowest BCUT2D eigenvalue weighted by Crippen LogP contribution is -1.94. The van der Waals surface area contributed by atoms with Gasteiger partial charge in [0.1, 0.15) is 5.75 Å². The maximum Gasteiger partial charge on any atom is 0.338 e. The third-order valence-corrected chi connectivity index (χ3v) is 3.67. The normalized spacial score (nSPS) is 11.2. The predicted molar refractivity (Wildman–Crippen MR) is 91.9 cm³/mol. The highest BCUT2D eigenvalue weighted by atomic mass is 16.6. The van der Waals surface area contributed by atoms with Gasteiger partial charge in [-0.1, -0.05) is 35.5 Å². The summed E-state index contributed by atoms with van der Waals surface area (Å²) >= 11 is 0. The van der Waals surface area contributed by atoms with Crippen molar-refractivity contribution in [2.75, 3.05) is 6.61 Å². The van der Waals surface area contributed by atoms with Crippen LogP contribution in [0.4, 0.5) is 5.69 Å². The summed E-state index contributed by atoms with van der Waals surface area (Å²) in [5, 5.41) is 16.9. The van der Waals surface area contributed by atoms with E-state index in [1.807, 2.05) is 43.3 Å². The SMILES string of the molecule is CCOc1ccc2ccccc2c1/C=C\c1onc(C)c1[N+](=O)[O-]. The van der Waals surface area contributed by atoms with Crippen LogP contribution >= 0.6 is 0 Å². The summed E-state index contributed by atoms with van der Waals surface area (Å²) in [5.74, 6) is 0.833. The van der Waals surface area contributed by atoms with Crippen molar-refractivity contribution in [3.63, 3.8) is 0 Å². The second kappa shape index (κ2) is 6.54. The zero-order valence-corrected chi connectivity index (χ0v) is 13.4. The zero-order valence-electron chi connectivity index (χ0n) is 13.4. The van der Waals surface area contributed by atoms with Gasteiger partial charge in [-0.05, 0) is 42.8 Å². The van der Waals surface area contributed by atoms with Crippen LogP contribution in [-0.4, -0.2) is 16.7 Å². The Bertz CT molecular complexity index is 928.